The third-order valence-corrected chi connectivity index (χ3v) is 5.64. The fourth-order valence-electron chi connectivity index (χ4n) is 3.23. The predicted octanol–water partition coefficient (Wildman–Crippen LogP) is 2.66. The molecule has 1 aliphatic rings. The predicted molar refractivity (Wildman–Crippen MR) is 100 cm³/mol. The summed E-state index contributed by atoms with van der Waals surface area (Å²) in [6.45, 7) is 9.72. The normalized spacial score (nSPS) is 25.2. The third kappa shape index (κ3) is 3.68. The third-order valence-electron chi connectivity index (χ3n) is 5.64. The van der Waals surface area contributed by atoms with Crippen molar-refractivity contribution in [1.29, 1.82) is 0 Å². The molecule has 0 spiro atoms. The number of nitrogens with one attached hydrogen (secondary N) is 2. The largest absolute Gasteiger partial charge is 0.504 e. The van der Waals surface area contributed by atoms with Gasteiger partial charge in [0.2, 0.25) is 0 Å². The Balaban J connectivity index is 2.10. The first-order valence-electron chi connectivity index (χ1n) is 8.74. The molecule has 1 aliphatic carbocycles. The first kappa shape index (κ1) is 19.4. The second kappa shape index (κ2) is 7.52. The Hall–Kier alpha value is -1.95. The van der Waals surface area contributed by atoms with E-state index in [1.807, 2.05) is 19.1 Å². The van der Waals surface area contributed by atoms with Gasteiger partial charge in [0, 0.05) is 30.7 Å². The lowest BCUT2D eigenvalue weighted by atomic mass is 9.56. The van der Waals surface area contributed by atoms with Gasteiger partial charge in [0.1, 0.15) is 0 Å². The Morgan fingerprint density at radius 2 is 2.04 bits per heavy atom. The lowest BCUT2D eigenvalue weighted by Gasteiger charge is -2.59. The van der Waals surface area contributed by atoms with E-state index in [0.29, 0.717) is 12.3 Å². The highest BCUT2D eigenvalue weighted by Gasteiger charge is 2.58. The number of hydrogen-bond donors (Lipinski definition) is 3. The van der Waals surface area contributed by atoms with E-state index >= 15 is 0 Å². The van der Waals surface area contributed by atoms with Gasteiger partial charge in [-0.3, -0.25) is 0 Å². The van der Waals surface area contributed by atoms with Gasteiger partial charge in [-0.2, -0.15) is 0 Å². The molecular formula is C19H31N3O3. The smallest absolute Gasteiger partial charge is 0.191 e. The van der Waals surface area contributed by atoms with Gasteiger partial charge < -0.3 is 25.2 Å². The van der Waals surface area contributed by atoms with E-state index in [4.69, 9.17) is 9.47 Å². The molecule has 25 heavy (non-hydrogen) atoms. The van der Waals surface area contributed by atoms with E-state index in [-0.39, 0.29) is 22.8 Å². The van der Waals surface area contributed by atoms with Gasteiger partial charge in [-0.05, 0) is 26.3 Å². The van der Waals surface area contributed by atoms with E-state index in [2.05, 4.69) is 36.4 Å². The van der Waals surface area contributed by atoms with Crippen molar-refractivity contribution in [3.63, 3.8) is 0 Å². The lowest BCUT2D eigenvalue weighted by molar-refractivity contribution is -0.176. The molecule has 3 N–H and O–H groups in total. The quantitative estimate of drug-likeness (QED) is 0.544. The molecule has 2 unspecified atom stereocenters. The standard InChI is InChI=1S/C19H31N3O3/c1-7-20-17(22-15-11-19(4,25-6)18(15,2)3)21-12-13-9-8-10-14(24-5)16(13)23/h8-10,15,23H,7,11-12H2,1-6H3,(H2,20,21,22). The number of rotatable bonds is 6. The molecule has 1 aromatic carbocycles. The van der Waals surface area contributed by atoms with Crippen molar-refractivity contribution in [3.05, 3.63) is 23.8 Å². The molecule has 1 aromatic rings. The summed E-state index contributed by atoms with van der Waals surface area (Å²) in [5, 5.41) is 17.0. The number of methoxy groups -OCH3 is 2. The van der Waals surface area contributed by atoms with Crippen molar-refractivity contribution in [1.82, 2.24) is 10.6 Å². The van der Waals surface area contributed by atoms with Crippen molar-refractivity contribution < 1.29 is 14.6 Å². The van der Waals surface area contributed by atoms with Crippen LogP contribution in [0.3, 0.4) is 0 Å². The fourth-order valence-corrected chi connectivity index (χ4v) is 3.23. The second-order valence-electron chi connectivity index (χ2n) is 7.22. The van der Waals surface area contributed by atoms with Gasteiger partial charge in [0.25, 0.3) is 0 Å². The zero-order chi connectivity index (χ0) is 18.7. The first-order valence-corrected chi connectivity index (χ1v) is 8.74. The van der Waals surface area contributed by atoms with Crippen LogP contribution in [0.5, 0.6) is 11.5 Å². The summed E-state index contributed by atoms with van der Waals surface area (Å²) in [5.74, 6) is 1.34. The van der Waals surface area contributed by atoms with Crippen LogP contribution in [-0.2, 0) is 11.3 Å². The number of phenols is 1. The summed E-state index contributed by atoms with van der Waals surface area (Å²) < 4.78 is 10.8. The van der Waals surface area contributed by atoms with Crippen molar-refractivity contribution >= 4 is 5.96 Å². The molecule has 2 atom stereocenters. The Morgan fingerprint density at radius 3 is 2.60 bits per heavy atom. The summed E-state index contributed by atoms with van der Waals surface area (Å²) in [4.78, 5) is 4.62. The minimum absolute atomic E-state index is 0.00392. The molecule has 6 heteroatoms. The highest BCUT2D eigenvalue weighted by Crippen LogP contribution is 2.51. The summed E-state index contributed by atoms with van der Waals surface area (Å²) >= 11 is 0. The van der Waals surface area contributed by atoms with Crippen molar-refractivity contribution in [2.45, 2.75) is 52.3 Å². The van der Waals surface area contributed by atoms with Crippen LogP contribution >= 0.6 is 0 Å². The van der Waals surface area contributed by atoms with E-state index < -0.39 is 0 Å². The molecule has 6 nitrogen and oxygen atoms in total. The first-order chi connectivity index (χ1) is 11.8. The van der Waals surface area contributed by atoms with Crippen LogP contribution in [-0.4, -0.2) is 43.5 Å². The molecule has 0 aliphatic heterocycles. The number of hydrogen-bond acceptors (Lipinski definition) is 4. The Labute approximate surface area is 150 Å². The number of phenolic OH excluding ortho intramolecular Hbond substituents is 1. The van der Waals surface area contributed by atoms with Gasteiger partial charge in [-0.15, -0.1) is 0 Å². The number of guanidine groups is 1. The molecule has 0 saturated heterocycles. The molecule has 1 saturated carbocycles. The van der Waals surface area contributed by atoms with Crippen LogP contribution in [0.4, 0.5) is 0 Å². The van der Waals surface area contributed by atoms with E-state index in [1.165, 1.54) is 0 Å². The summed E-state index contributed by atoms with van der Waals surface area (Å²) in [5.41, 5.74) is 0.592. The Bertz CT molecular complexity index is 630. The Morgan fingerprint density at radius 1 is 1.32 bits per heavy atom. The summed E-state index contributed by atoms with van der Waals surface area (Å²) in [7, 11) is 3.31. The summed E-state index contributed by atoms with van der Waals surface area (Å²) in [6, 6.07) is 5.70. The zero-order valence-electron chi connectivity index (χ0n) is 16.1. The fraction of sp³-hybridized carbons (Fsp3) is 0.632. The maximum absolute atomic E-state index is 10.2. The zero-order valence-corrected chi connectivity index (χ0v) is 16.1. The molecular weight excluding hydrogens is 318 g/mol. The molecule has 1 fully saturated rings. The lowest BCUT2D eigenvalue weighted by Crippen LogP contribution is -2.69. The average molecular weight is 349 g/mol. The maximum atomic E-state index is 10.2. The molecule has 2 rings (SSSR count). The monoisotopic (exact) mass is 349 g/mol. The molecule has 0 radical (unpaired) electrons. The minimum Gasteiger partial charge on any atom is -0.504 e. The van der Waals surface area contributed by atoms with E-state index in [9.17, 15) is 5.11 Å². The molecule has 0 heterocycles. The number of aliphatic imine (C=N–C) groups is 1. The number of benzene rings is 1. The molecule has 0 aromatic heterocycles. The van der Waals surface area contributed by atoms with Gasteiger partial charge in [0.05, 0.1) is 19.3 Å². The minimum atomic E-state index is -0.132. The highest BCUT2D eigenvalue weighted by atomic mass is 16.5. The Kier molecular flexibility index (Phi) is 5.83. The highest BCUT2D eigenvalue weighted by molar-refractivity contribution is 5.80. The number of ether oxygens (including phenoxy) is 2. The average Bonchev–Trinajstić information content (AvgIpc) is 2.60. The summed E-state index contributed by atoms with van der Waals surface area (Å²) in [6.07, 6.45) is 0.922. The van der Waals surface area contributed by atoms with Crippen LogP contribution in [0, 0.1) is 5.41 Å². The van der Waals surface area contributed by atoms with Crippen molar-refractivity contribution in [3.8, 4) is 11.5 Å². The van der Waals surface area contributed by atoms with Crippen LogP contribution in [0.1, 0.15) is 39.7 Å². The maximum Gasteiger partial charge on any atom is 0.191 e. The van der Waals surface area contributed by atoms with Crippen LogP contribution < -0.4 is 15.4 Å². The molecule has 0 bridgehead atoms. The second-order valence-corrected chi connectivity index (χ2v) is 7.22. The molecule has 0 amide bonds. The topological polar surface area (TPSA) is 75.1 Å². The van der Waals surface area contributed by atoms with Crippen molar-refractivity contribution in [2.75, 3.05) is 20.8 Å². The van der Waals surface area contributed by atoms with Crippen molar-refractivity contribution in [2.24, 2.45) is 10.4 Å². The number of nitrogens with zero attached hydrogens (tertiary/aromatic N) is 1. The number of aromatic hydroxyl groups is 1. The van der Waals surface area contributed by atoms with Gasteiger partial charge in [-0.25, -0.2) is 4.99 Å². The SMILES string of the molecule is CCNC(=NCc1cccc(OC)c1O)NC1CC(C)(OC)C1(C)C. The van der Waals surface area contributed by atoms with Gasteiger partial charge in [-0.1, -0.05) is 26.0 Å². The van der Waals surface area contributed by atoms with E-state index in [1.54, 1.807) is 20.3 Å². The van der Waals surface area contributed by atoms with Gasteiger partial charge >= 0.3 is 0 Å². The van der Waals surface area contributed by atoms with Gasteiger partial charge in [0.15, 0.2) is 17.5 Å². The van der Waals surface area contributed by atoms with Crippen LogP contribution in [0.25, 0.3) is 0 Å². The number of para-hydroxylation sites is 1. The van der Waals surface area contributed by atoms with Crippen LogP contribution in [0.15, 0.2) is 23.2 Å². The van der Waals surface area contributed by atoms with Crippen LogP contribution in [0.2, 0.25) is 0 Å². The van der Waals surface area contributed by atoms with E-state index in [0.717, 1.165) is 24.5 Å². The molecule has 140 valence electrons.